The summed E-state index contributed by atoms with van der Waals surface area (Å²) in [6, 6.07) is 6.75. The Bertz CT molecular complexity index is 571. The van der Waals surface area contributed by atoms with E-state index in [9.17, 15) is 8.42 Å². The van der Waals surface area contributed by atoms with Crippen LogP contribution in [-0.4, -0.2) is 27.3 Å². The summed E-state index contributed by atoms with van der Waals surface area (Å²) in [5.41, 5.74) is 5.86. The fourth-order valence-corrected chi connectivity index (χ4v) is 3.67. The smallest absolute Gasteiger partial charge is 0.175 e. The molecular formula is C16H25NO3S. The van der Waals surface area contributed by atoms with E-state index in [1.54, 1.807) is 18.2 Å². The van der Waals surface area contributed by atoms with Crippen molar-refractivity contribution in [3.8, 4) is 5.75 Å². The summed E-state index contributed by atoms with van der Waals surface area (Å²) in [5.74, 6) is 1.66. The summed E-state index contributed by atoms with van der Waals surface area (Å²) in [6.45, 7) is 2.82. The first-order valence-electron chi connectivity index (χ1n) is 7.61. The zero-order chi connectivity index (χ0) is 15.5. The fourth-order valence-electron chi connectivity index (χ4n) is 3.01. The van der Waals surface area contributed by atoms with Crippen molar-refractivity contribution in [2.45, 2.75) is 43.6 Å². The molecule has 1 aromatic carbocycles. The first-order valence-corrected chi connectivity index (χ1v) is 9.50. The van der Waals surface area contributed by atoms with Crippen molar-refractivity contribution in [2.24, 2.45) is 17.6 Å². The van der Waals surface area contributed by atoms with E-state index in [4.69, 9.17) is 10.5 Å². The van der Waals surface area contributed by atoms with Crippen LogP contribution in [0.4, 0.5) is 0 Å². The lowest BCUT2D eigenvalue weighted by molar-refractivity contribution is 0.0682. The van der Waals surface area contributed by atoms with E-state index in [0.29, 0.717) is 29.0 Å². The molecule has 1 aliphatic rings. The summed E-state index contributed by atoms with van der Waals surface area (Å²) < 4.78 is 29.3. The van der Waals surface area contributed by atoms with Crippen LogP contribution in [0.5, 0.6) is 5.75 Å². The van der Waals surface area contributed by atoms with Gasteiger partial charge in [-0.15, -0.1) is 0 Å². The Hall–Kier alpha value is -1.07. The van der Waals surface area contributed by atoms with Gasteiger partial charge in [-0.3, -0.25) is 0 Å². The maximum absolute atomic E-state index is 11.6. The molecule has 2 rings (SSSR count). The molecule has 5 heteroatoms. The van der Waals surface area contributed by atoms with Crippen molar-refractivity contribution in [3.63, 3.8) is 0 Å². The van der Waals surface area contributed by atoms with E-state index >= 15 is 0 Å². The monoisotopic (exact) mass is 311 g/mol. The highest BCUT2D eigenvalue weighted by molar-refractivity contribution is 7.90. The van der Waals surface area contributed by atoms with Crippen LogP contribution in [0, 0.1) is 11.8 Å². The Kier molecular flexibility index (Phi) is 5.27. The SMILES string of the molecule is CCC1CCC(CN)C(Oc2cccc(S(C)(=O)=O)c2)C1. The summed E-state index contributed by atoms with van der Waals surface area (Å²) in [7, 11) is -3.21. The highest BCUT2D eigenvalue weighted by atomic mass is 32.2. The normalized spacial score (nSPS) is 26.5. The van der Waals surface area contributed by atoms with Crippen LogP contribution in [0.25, 0.3) is 0 Å². The first-order chi connectivity index (χ1) is 9.94. The molecule has 0 amide bonds. The topological polar surface area (TPSA) is 69.4 Å². The molecule has 4 nitrogen and oxygen atoms in total. The van der Waals surface area contributed by atoms with E-state index < -0.39 is 9.84 Å². The average molecular weight is 311 g/mol. The van der Waals surface area contributed by atoms with E-state index in [2.05, 4.69) is 6.92 Å². The minimum absolute atomic E-state index is 0.0866. The summed E-state index contributed by atoms with van der Waals surface area (Å²) in [6.07, 6.45) is 5.75. The van der Waals surface area contributed by atoms with Crippen LogP contribution in [0.2, 0.25) is 0 Å². The van der Waals surface area contributed by atoms with Gasteiger partial charge in [0.05, 0.1) is 4.90 Å². The van der Waals surface area contributed by atoms with Crippen molar-refractivity contribution in [2.75, 3.05) is 12.8 Å². The standard InChI is InChI=1S/C16H25NO3S/c1-3-12-7-8-13(11-17)16(9-12)20-14-5-4-6-15(10-14)21(2,18)19/h4-6,10,12-13,16H,3,7-9,11,17H2,1-2H3. The Labute approximate surface area is 127 Å². The average Bonchev–Trinajstić information content (AvgIpc) is 2.46. The fraction of sp³-hybridized carbons (Fsp3) is 0.625. The maximum atomic E-state index is 11.6. The number of ether oxygens (including phenoxy) is 1. The van der Waals surface area contributed by atoms with Crippen molar-refractivity contribution < 1.29 is 13.2 Å². The number of rotatable bonds is 5. The predicted molar refractivity (Wildman–Crippen MR) is 84.1 cm³/mol. The Morgan fingerprint density at radius 3 is 2.71 bits per heavy atom. The Morgan fingerprint density at radius 1 is 1.33 bits per heavy atom. The zero-order valence-corrected chi connectivity index (χ0v) is 13.6. The van der Waals surface area contributed by atoms with E-state index in [0.717, 1.165) is 19.3 Å². The van der Waals surface area contributed by atoms with Crippen molar-refractivity contribution >= 4 is 9.84 Å². The molecule has 0 spiro atoms. The largest absolute Gasteiger partial charge is 0.490 e. The van der Waals surface area contributed by atoms with Crippen LogP contribution in [0.3, 0.4) is 0 Å². The van der Waals surface area contributed by atoms with Gasteiger partial charge in [0.2, 0.25) is 0 Å². The molecule has 0 aliphatic heterocycles. The van der Waals surface area contributed by atoms with Gasteiger partial charge in [0.15, 0.2) is 9.84 Å². The maximum Gasteiger partial charge on any atom is 0.175 e. The van der Waals surface area contributed by atoms with Gasteiger partial charge in [0, 0.05) is 12.2 Å². The first kappa shape index (κ1) is 16.3. The van der Waals surface area contributed by atoms with Gasteiger partial charge in [-0.05, 0) is 49.9 Å². The molecule has 1 fully saturated rings. The number of benzene rings is 1. The van der Waals surface area contributed by atoms with Crippen LogP contribution in [-0.2, 0) is 9.84 Å². The predicted octanol–water partition coefficient (Wildman–Crippen LogP) is 2.62. The highest BCUT2D eigenvalue weighted by Crippen LogP contribution is 2.33. The van der Waals surface area contributed by atoms with Gasteiger partial charge < -0.3 is 10.5 Å². The van der Waals surface area contributed by atoms with E-state index in [1.165, 1.54) is 12.7 Å². The second kappa shape index (κ2) is 6.79. The number of sulfone groups is 1. The van der Waals surface area contributed by atoms with Crippen molar-refractivity contribution in [1.82, 2.24) is 0 Å². The van der Waals surface area contributed by atoms with Gasteiger partial charge >= 0.3 is 0 Å². The molecule has 21 heavy (non-hydrogen) atoms. The minimum Gasteiger partial charge on any atom is -0.490 e. The van der Waals surface area contributed by atoms with E-state index in [-0.39, 0.29) is 6.10 Å². The second-order valence-corrected chi connectivity index (χ2v) is 8.00. The van der Waals surface area contributed by atoms with E-state index in [1.807, 2.05) is 6.07 Å². The number of hydrogen-bond acceptors (Lipinski definition) is 4. The molecule has 0 aromatic heterocycles. The third-order valence-electron chi connectivity index (χ3n) is 4.44. The minimum atomic E-state index is -3.21. The molecule has 1 aliphatic carbocycles. The summed E-state index contributed by atoms with van der Waals surface area (Å²) in [4.78, 5) is 0.298. The molecular weight excluding hydrogens is 286 g/mol. The Morgan fingerprint density at radius 2 is 2.10 bits per heavy atom. The van der Waals surface area contributed by atoms with Gasteiger partial charge in [-0.2, -0.15) is 0 Å². The molecule has 0 bridgehead atoms. The van der Waals surface area contributed by atoms with Crippen LogP contribution < -0.4 is 10.5 Å². The summed E-state index contributed by atoms with van der Waals surface area (Å²) in [5, 5.41) is 0. The molecule has 3 atom stereocenters. The number of hydrogen-bond donors (Lipinski definition) is 1. The van der Waals surface area contributed by atoms with Crippen LogP contribution in [0.15, 0.2) is 29.2 Å². The molecule has 0 radical (unpaired) electrons. The molecule has 0 saturated heterocycles. The lowest BCUT2D eigenvalue weighted by Gasteiger charge is -2.35. The lowest BCUT2D eigenvalue weighted by atomic mass is 9.78. The van der Waals surface area contributed by atoms with Gasteiger partial charge in [0.25, 0.3) is 0 Å². The summed E-state index contributed by atoms with van der Waals surface area (Å²) >= 11 is 0. The lowest BCUT2D eigenvalue weighted by Crippen LogP contribution is -2.38. The van der Waals surface area contributed by atoms with Gasteiger partial charge in [0.1, 0.15) is 11.9 Å². The van der Waals surface area contributed by atoms with Crippen LogP contribution >= 0.6 is 0 Å². The molecule has 1 aromatic rings. The highest BCUT2D eigenvalue weighted by Gasteiger charge is 2.30. The molecule has 3 unspecified atom stereocenters. The zero-order valence-electron chi connectivity index (χ0n) is 12.8. The number of nitrogens with two attached hydrogens (primary N) is 1. The van der Waals surface area contributed by atoms with Crippen molar-refractivity contribution in [3.05, 3.63) is 24.3 Å². The van der Waals surface area contributed by atoms with Crippen molar-refractivity contribution in [1.29, 1.82) is 0 Å². The molecule has 2 N–H and O–H groups in total. The second-order valence-electron chi connectivity index (χ2n) is 5.99. The Balaban J connectivity index is 2.15. The quantitative estimate of drug-likeness (QED) is 0.907. The molecule has 118 valence electrons. The third-order valence-corrected chi connectivity index (χ3v) is 5.55. The third kappa shape index (κ3) is 4.20. The van der Waals surface area contributed by atoms with Crippen LogP contribution in [0.1, 0.15) is 32.6 Å². The molecule has 0 heterocycles. The molecule has 1 saturated carbocycles. The van der Waals surface area contributed by atoms with Gasteiger partial charge in [-0.1, -0.05) is 19.4 Å². The van der Waals surface area contributed by atoms with Gasteiger partial charge in [-0.25, -0.2) is 8.42 Å².